The predicted octanol–water partition coefficient (Wildman–Crippen LogP) is 14.0. The standard InChI is InChI=1S/C46H55N/c1-7-9-11-13-17-40-33-46(41(31-36(40)5)18-14-12-10-8-2)45-29-28-44(32-37(45)6)47(43-19-15-16-35(4)30-43)42-26-24-39(25-27-42)38-22-20-34(3)21-23-38/h15-16,19-33H,7-14,17-18H2,1-6H3. The van der Waals surface area contributed by atoms with Gasteiger partial charge in [0.25, 0.3) is 0 Å². The Morgan fingerprint density at radius 2 is 1.02 bits per heavy atom. The minimum atomic E-state index is 1.15. The third-order valence-electron chi connectivity index (χ3n) is 9.69. The van der Waals surface area contributed by atoms with Crippen LogP contribution in [-0.4, -0.2) is 0 Å². The Morgan fingerprint density at radius 1 is 0.426 bits per heavy atom. The fourth-order valence-corrected chi connectivity index (χ4v) is 6.88. The second-order valence-electron chi connectivity index (χ2n) is 13.6. The molecule has 0 aliphatic heterocycles. The largest absolute Gasteiger partial charge is 0.310 e. The Labute approximate surface area is 285 Å². The summed E-state index contributed by atoms with van der Waals surface area (Å²) >= 11 is 0. The van der Waals surface area contributed by atoms with Crippen LogP contribution in [0.5, 0.6) is 0 Å². The molecule has 0 saturated carbocycles. The van der Waals surface area contributed by atoms with Gasteiger partial charge in [-0.3, -0.25) is 0 Å². The van der Waals surface area contributed by atoms with Crippen LogP contribution in [-0.2, 0) is 12.8 Å². The number of benzene rings is 5. The van der Waals surface area contributed by atoms with Crippen LogP contribution in [0.1, 0.15) is 98.6 Å². The Balaban J connectivity index is 1.52. The Hall–Kier alpha value is -4.10. The number of nitrogens with zero attached hydrogens (tertiary/aromatic N) is 1. The number of hydrogen-bond acceptors (Lipinski definition) is 1. The van der Waals surface area contributed by atoms with E-state index in [1.165, 1.54) is 130 Å². The highest BCUT2D eigenvalue weighted by Gasteiger charge is 2.17. The summed E-state index contributed by atoms with van der Waals surface area (Å²) in [7, 11) is 0. The fraction of sp³-hybridized carbons (Fsp3) is 0.348. The van der Waals surface area contributed by atoms with Crippen molar-refractivity contribution in [3.05, 3.63) is 137 Å². The molecule has 0 atom stereocenters. The second-order valence-corrected chi connectivity index (χ2v) is 13.6. The molecule has 1 nitrogen and oxygen atoms in total. The summed E-state index contributed by atoms with van der Waals surface area (Å²) in [6.45, 7) is 13.5. The third-order valence-corrected chi connectivity index (χ3v) is 9.69. The van der Waals surface area contributed by atoms with Crippen LogP contribution in [0.15, 0.2) is 103 Å². The predicted molar refractivity (Wildman–Crippen MR) is 207 cm³/mol. The lowest BCUT2D eigenvalue weighted by Gasteiger charge is -2.27. The van der Waals surface area contributed by atoms with Gasteiger partial charge >= 0.3 is 0 Å². The first-order chi connectivity index (χ1) is 22.9. The Kier molecular flexibility index (Phi) is 12.1. The summed E-state index contributed by atoms with van der Waals surface area (Å²) in [6.07, 6.45) is 12.7. The summed E-state index contributed by atoms with van der Waals surface area (Å²) in [6, 6.07) is 38.9. The van der Waals surface area contributed by atoms with Crippen molar-refractivity contribution < 1.29 is 0 Å². The molecule has 47 heavy (non-hydrogen) atoms. The first-order valence-corrected chi connectivity index (χ1v) is 18.1. The van der Waals surface area contributed by atoms with Gasteiger partial charge in [0.05, 0.1) is 0 Å². The summed E-state index contributed by atoms with van der Waals surface area (Å²) < 4.78 is 0. The van der Waals surface area contributed by atoms with Crippen molar-refractivity contribution in [3.63, 3.8) is 0 Å². The molecule has 0 N–H and O–H groups in total. The van der Waals surface area contributed by atoms with E-state index in [4.69, 9.17) is 0 Å². The zero-order chi connectivity index (χ0) is 33.2. The lowest BCUT2D eigenvalue weighted by atomic mass is 9.88. The zero-order valence-electron chi connectivity index (χ0n) is 29.8. The van der Waals surface area contributed by atoms with Crippen LogP contribution < -0.4 is 4.90 Å². The van der Waals surface area contributed by atoms with Gasteiger partial charge in [0.15, 0.2) is 0 Å². The summed E-state index contributed by atoms with van der Waals surface area (Å²) in [5.74, 6) is 0. The Bertz CT molecular complexity index is 1730. The maximum atomic E-state index is 2.54. The van der Waals surface area contributed by atoms with E-state index in [1.807, 2.05) is 0 Å². The highest BCUT2D eigenvalue weighted by atomic mass is 15.1. The van der Waals surface area contributed by atoms with Crippen LogP contribution in [0.2, 0.25) is 0 Å². The molecular formula is C46H55N. The van der Waals surface area contributed by atoms with E-state index in [0.717, 1.165) is 6.42 Å². The molecule has 5 aromatic rings. The molecule has 5 aromatic carbocycles. The molecule has 0 bridgehead atoms. The first-order valence-electron chi connectivity index (χ1n) is 18.1. The van der Waals surface area contributed by atoms with Crippen molar-refractivity contribution >= 4 is 17.1 Å². The molecule has 244 valence electrons. The van der Waals surface area contributed by atoms with Crippen molar-refractivity contribution in [2.75, 3.05) is 4.90 Å². The third kappa shape index (κ3) is 8.83. The zero-order valence-corrected chi connectivity index (χ0v) is 29.8. The van der Waals surface area contributed by atoms with E-state index in [-0.39, 0.29) is 0 Å². The quantitative estimate of drug-likeness (QED) is 0.105. The van der Waals surface area contributed by atoms with E-state index in [9.17, 15) is 0 Å². The molecule has 1 heteroatoms. The van der Waals surface area contributed by atoms with E-state index in [0.29, 0.717) is 0 Å². The van der Waals surface area contributed by atoms with Crippen LogP contribution >= 0.6 is 0 Å². The minimum absolute atomic E-state index is 1.15. The fourth-order valence-electron chi connectivity index (χ4n) is 6.88. The highest BCUT2D eigenvalue weighted by Crippen LogP contribution is 2.39. The smallest absolute Gasteiger partial charge is 0.0464 e. The van der Waals surface area contributed by atoms with Crippen molar-refractivity contribution in [1.29, 1.82) is 0 Å². The van der Waals surface area contributed by atoms with Crippen LogP contribution in [0.3, 0.4) is 0 Å². The minimum Gasteiger partial charge on any atom is -0.310 e. The lowest BCUT2D eigenvalue weighted by Crippen LogP contribution is -2.10. The molecule has 0 spiro atoms. The number of anilines is 3. The van der Waals surface area contributed by atoms with Crippen LogP contribution in [0, 0.1) is 27.7 Å². The monoisotopic (exact) mass is 621 g/mol. The number of rotatable bonds is 15. The summed E-state index contributed by atoms with van der Waals surface area (Å²) in [5, 5.41) is 0. The number of hydrogen-bond donors (Lipinski definition) is 0. The first kappa shape index (κ1) is 34.2. The normalized spacial score (nSPS) is 11.2. The number of unbranched alkanes of at least 4 members (excludes halogenated alkanes) is 6. The average molecular weight is 622 g/mol. The maximum Gasteiger partial charge on any atom is 0.0464 e. The van der Waals surface area contributed by atoms with Crippen molar-refractivity contribution in [2.24, 2.45) is 0 Å². The molecule has 0 unspecified atom stereocenters. The molecular weight excluding hydrogens is 567 g/mol. The molecule has 0 heterocycles. The van der Waals surface area contributed by atoms with Gasteiger partial charge in [0.2, 0.25) is 0 Å². The second kappa shape index (κ2) is 16.6. The molecule has 0 aliphatic carbocycles. The van der Waals surface area contributed by atoms with Gasteiger partial charge in [-0.25, -0.2) is 0 Å². The maximum absolute atomic E-state index is 2.54. The van der Waals surface area contributed by atoms with E-state index in [1.54, 1.807) is 0 Å². The lowest BCUT2D eigenvalue weighted by molar-refractivity contribution is 0.662. The summed E-state index contributed by atoms with van der Waals surface area (Å²) in [4.78, 5) is 2.41. The van der Waals surface area contributed by atoms with E-state index < -0.39 is 0 Å². The van der Waals surface area contributed by atoms with Gasteiger partial charge in [0.1, 0.15) is 0 Å². The molecule has 0 aliphatic rings. The SMILES string of the molecule is CCCCCCc1cc(-c2ccc(N(c3ccc(-c4ccc(C)cc4)cc3)c3cccc(C)c3)cc2C)c(CCCCCC)cc1C. The van der Waals surface area contributed by atoms with E-state index >= 15 is 0 Å². The molecule has 5 rings (SSSR count). The highest BCUT2D eigenvalue weighted by molar-refractivity contribution is 5.82. The van der Waals surface area contributed by atoms with Gasteiger partial charge in [-0.15, -0.1) is 0 Å². The van der Waals surface area contributed by atoms with Gasteiger partial charge in [-0.1, -0.05) is 125 Å². The Morgan fingerprint density at radius 3 is 1.64 bits per heavy atom. The van der Waals surface area contributed by atoms with Crippen LogP contribution in [0.4, 0.5) is 17.1 Å². The average Bonchev–Trinajstić information content (AvgIpc) is 3.07. The van der Waals surface area contributed by atoms with E-state index in [2.05, 4.69) is 150 Å². The van der Waals surface area contributed by atoms with Gasteiger partial charge in [-0.05, 0) is 140 Å². The van der Waals surface area contributed by atoms with Crippen molar-refractivity contribution in [2.45, 2.75) is 106 Å². The molecule has 0 amide bonds. The molecule has 0 aromatic heterocycles. The summed E-state index contributed by atoms with van der Waals surface area (Å²) in [5.41, 5.74) is 17.2. The molecule has 0 saturated heterocycles. The molecule has 0 radical (unpaired) electrons. The van der Waals surface area contributed by atoms with Gasteiger partial charge < -0.3 is 4.90 Å². The van der Waals surface area contributed by atoms with Crippen molar-refractivity contribution in [3.8, 4) is 22.3 Å². The number of aryl methyl sites for hydroxylation is 6. The van der Waals surface area contributed by atoms with Crippen LogP contribution in [0.25, 0.3) is 22.3 Å². The van der Waals surface area contributed by atoms with Gasteiger partial charge in [-0.2, -0.15) is 0 Å². The van der Waals surface area contributed by atoms with Crippen molar-refractivity contribution in [1.82, 2.24) is 0 Å². The topological polar surface area (TPSA) is 3.24 Å². The molecule has 0 fully saturated rings. The van der Waals surface area contributed by atoms with Gasteiger partial charge in [0, 0.05) is 17.1 Å².